The highest BCUT2D eigenvalue weighted by molar-refractivity contribution is 5.97. The van der Waals surface area contributed by atoms with Gasteiger partial charge in [-0.3, -0.25) is 4.79 Å². The zero-order valence-electron chi connectivity index (χ0n) is 16.5. The van der Waals surface area contributed by atoms with Gasteiger partial charge in [0, 0.05) is 22.8 Å². The number of benzene rings is 1. The first kappa shape index (κ1) is 18.4. The van der Waals surface area contributed by atoms with Crippen molar-refractivity contribution in [2.24, 2.45) is 16.4 Å². The summed E-state index contributed by atoms with van der Waals surface area (Å²) in [6, 6.07) is 12.0. The maximum Gasteiger partial charge on any atom is 0.273 e. The first-order valence-corrected chi connectivity index (χ1v) is 9.37. The molecule has 4 heteroatoms. The Balaban J connectivity index is 1.80. The third-order valence-electron chi connectivity index (χ3n) is 5.17. The average Bonchev–Trinajstić information content (AvgIpc) is 2.86. The summed E-state index contributed by atoms with van der Waals surface area (Å²) >= 11 is 0. The molecule has 1 unspecified atom stereocenters. The van der Waals surface area contributed by atoms with E-state index in [4.69, 9.17) is 0 Å². The molecule has 0 saturated heterocycles. The zero-order valence-corrected chi connectivity index (χ0v) is 16.5. The van der Waals surface area contributed by atoms with Crippen LogP contribution in [0.4, 0.5) is 0 Å². The molecule has 1 atom stereocenters. The molecule has 1 aromatic heterocycles. The van der Waals surface area contributed by atoms with Crippen molar-refractivity contribution in [3.05, 3.63) is 53.3 Å². The predicted molar refractivity (Wildman–Crippen MR) is 107 cm³/mol. The number of aryl methyl sites for hydroxylation is 1. The summed E-state index contributed by atoms with van der Waals surface area (Å²) in [6.45, 7) is 10.8. The topological polar surface area (TPSA) is 46.4 Å². The number of nitrogens with zero attached hydrogens (tertiary/aromatic N) is 2. The van der Waals surface area contributed by atoms with Crippen molar-refractivity contribution in [2.45, 2.75) is 53.9 Å². The normalized spacial score (nSPS) is 21.0. The van der Waals surface area contributed by atoms with Gasteiger partial charge < -0.3 is 4.57 Å². The van der Waals surface area contributed by atoms with Crippen molar-refractivity contribution in [2.75, 3.05) is 0 Å². The van der Waals surface area contributed by atoms with Crippen LogP contribution in [0.15, 0.2) is 41.5 Å². The summed E-state index contributed by atoms with van der Waals surface area (Å²) in [4.78, 5) is 12.7. The fourth-order valence-corrected chi connectivity index (χ4v) is 4.36. The molecule has 0 aliphatic heterocycles. The van der Waals surface area contributed by atoms with Crippen LogP contribution < -0.4 is 5.43 Å². The standard InChI is InChI=1S/C22H29N3O/c1-15-11-18(14-22(4,5)13-15)23-24-21(26)20-12-16(2)25(17(20)3)19-9-7-6-8-10-19/h6-10,12,15H,11,13-14H2,1-5H3,(H,24,26)/b23-18+. The highest BCUT2D eigenvalue weighted by atomic mass is 16.2. The molecule has 3 rings (SSSR count). The van der Waals surface area contributed by atoms with E-state index >= 15 is 0 Å². The fourth-order valence-electron chi connectivity index (χ4n) is 4.36. The lowest BCUT2D eigenvalue weighted by molar-refractivity contribution is 0.0953. The first-order valence-electron chi connectivity index (χ1n) is 9.37. The largest absolute Gasteiger partial charge is 0.318 e. The molecule has 1 saturated carbocycles. The molecule has 0 spiro atoms. The number of carbonyl (C=O) groups excluding carboxylic acids is 1. The number of carbonyl (C=O) groups is 1. The van der Waals surface area contributed by atoms with Crippen LogP contribution in [0.25, 0.3) is 5.69 Å². The Morgan fingerprint density at radius 1 is 1.23 bits per heavy atom. The van der Waals surface area contributed by atoms with Gasteiger partial charge in [-0.15, -0.1) is 0 Å². The number of nitrogens with one attached hydrogen (secondary N) is 1. The molecular weight excluding hydrogens is 322 g/mol. The fraction of sp³-hybridized carbons (Fsp3) is 0.455. The third kappa shape index (κ3) is 3.90. The zero-order chi connectivity index (χ0) is 18.9. The Morgan fingerprint density at radius 2 is 1.92 bits per heavy atom. The third-order valence-corrected chi connectivity index (χ3v) is 5.17. The summed E-state index contributed by atoms with van der Waals surface area (Å²) < 4.78 is 2.11. The molecule has 1 amide bonds. The van der Waals surface area contributed by atoms with Gasteiger partial charge in [0.15, 0.2) is 0 Å². The van der Waals surface area contributed by atoms with Crippen molar-refractivity contribution in [1.82, 2.24) is 9.99 Å². The molecule has 2 aromatic rings. The highest BCUT2D eigenvalue weighted by Gasteiger charge is 2.29. The maximum atomic E-state index is 12.7. The SMILES string of the molecule is Cc1cc(C(=O)N/N=C2\CC(C)CC(C)(C)C2)c(C)n1-c1ccccc1. The van der Waals surface area contributed by atoms with Gasteiger partial charge in [0.05, 0.1) is 5.56 Å². The molecular formula is C22H29N3O. The van der Waals surface area contributed by atoms with E-state index in [-0.39, 0.29) is 11.3 Å². The van der Waals surface area contributed by atoms with Crippen LogP contribution >= 0.6 is 0 Å². The Labute approximate surface area is 156 Å². The van der Waals surface area contributed by atoms with Crippen LogP contribution in [0.3, 0.4) is 0 Å². The Bertz CT molecular complexity index is 831. The van der Waals surface area contributed by atoms with E-state index in [2.05, 4.69) is 35.9 Å². The minimum atomic E-state index is -0.135. The van der Waals surface area contributed by atoms with E-state index in [1.807, 2.05) is 50.2 Å². The van der Waals surface area contributed by atoms with Crippen LogP contribution in [0.5, 0.6) is 0 Å². The number of rotatable bonds is 3. The van der Waals surface area contributed by atoms with E-state index in [0.29, 0.717) is 11.5 Å². The van der Waals surface area contributed by atoms with Crippen LogP contribution in [0.2, 0.25) is 0 Å². The summed E-state index contributed by atoms with van der Waals surface area (Å²) in [7, 11) is 0. The Hall–Kier alpha value is -2.36. The molecule has 138 valence electrons. The molecule has 1 aliphatic carbocycles. The lowest BCUT2D eigenvalue weighted by atomic mass is 9.72. The Morgan fingerprint density at radius 3 is 2.58 bits per heavy atom. The molecule has 4 nitrogen and oxygen atoms in total. The van der Waals surface area contributed by atoms with Gasteiger partial charge in [0.1, 0.15) is 0 Å². The summed E-state index contributed by atoms with van der Waals surface area (Å²) in [6.07, 6.45) is 3.12. The molecule has 26 heavy (non-hydrogen) atoms. The van der Waals surface area contributed by atoms with E-state index < -0.39 is 0 Å². The van der Waals surface area contributed by atoms with E-state index in [1.165, 1.54) is 6.42 Å². The number of hydrazone groups is 1. The monoisotopic (exact) mass is 351 g/mol. The van der Waals surface area contributed by atoms with Crippen molar-refractivity contribution >= 4 is 11.6 Å². The van der Waals surface area contributed by atoms with Crippen LogP contribution in [-0.2, 0) is 0 Å². The molecule has 1 fully saturated rings. The van der Waals surface area contributed by atoms with Gasteiger partial charge in [-0.05, 0) is 62.6 Å². The molecule has 1 heterocycles. The number of aromatic nitrogens is 1. The van der Waals surface area contributed by atoms with Gasteiger partial charge in [-0.25, -0.2) is 5.43 Å². The van der Waals surface area contributed by atoms with Gasteiger partial charge in [-0.1, -0.05) is 39.0 Å². The van der Waals surface area contributed by atoms with E-state index in [1.54, 1.807) is 0 Å². The van der Waals surface area contributed by atoms with Crippen LogP contribution in [-0.4, -0.2) is 16.2 Å². The lowest BCUT2D eigenvalue weighted by Crippen LogP contribution is -2.30. The summed E-state index contributed by atoms with van der Waals surface area (Å²) in [5.41, 5.74) is 7.87. The molecule has 0 bridgehead atoms. The van der Waals surface area contributed by atoms with E-state index in [0.717, 1.165) is 35.6 Å². The van der Waals surface area contributed by atoms with Gasteiger partial charge in [0.25, 0.3) is 5.91 Å². The minimum absolute atomic E-state index is 0.135. The second kappa shape index (κ2) is 7.10. The molecule has 1 N–H and O–H groups in total. The lowest BCUT2D eigenvalue weighted by Gasteiger charge is -2.34. The number of para-hydroxylation sites is 1. The van der Waals surface area contributed by atoms with Gasteiger partial charge in [0.2, 0.25) is 0 Å². The highest BCUT2D eigenvalue weighted by Crippen LogP contribution is 2.36. The summed E-state index contributed by atoms with van der Waals surface area (Å²) in [5.74, 6) is 0.473. The minimum Gasteiger partial charge on any atom is -0.318 e. The smallest absolute Gasteiger partial charge is 0.273 e. The number of amides is 1. The van der Waals surface area contributed by atoms with Crippen molar-refractivity contribution in [3.63, 3.8) is 0 Å². The van der Waals surface area contributed by atoms with Crippen LogP contribution in [0, 0.1) is 25.2 Å². The predicted octanol–water partition coefficient (Wildman–Crippen LogP) is 5.03. The second-order valence-electron chi connectivity index (χ2n) is 8.43. The molecule has 1 aliphatic rings. The van der Waals surface area contributed by atoms with Gasteiger partial charge >= 0.3 is 0 Å². The van der Waals surface area contributed by atoms with Crippen molar-refractivity contribution in [3.8, 4) is 5.69 Å². The van der Waals surface area contributed by atoms with Gasteiger partial charge in [-0.2, -0.15) is 5.10 Å². The molecule has 0 radical (unpaired) electrons. The summed E-state index contributed by atoms with van der Waals surface area (Å²) in [5, 5.41) is 4.47. The molecule has 1 aromatic carbocycles. The quantitative estimate of drug-likeness (QED) is 0.775. The maximum absolute atomic E-state index is 12.7. The number of hydrogen-bond acceptors (Lipinski definition) is 2. The Kier molecular flexibility index (Phi) is 5.03. The van der Waals surface area contributed by atoms with Crippen LogP contribution in [0.1, 0.15) is 61.8 Å². The van der Waals surface area contributed by atoms with E-state index in [9.17, 15) is 4.79 Å². The first-order chi connectivity index (χ1) is 12.3. The average molecular weight is 351 g/mol. The van der Waals surface area contributed by atoms with Crippen molar-refractivity contribution < 1.29 is 4.79 Å². The van der Waals surface area contributed by atoms with Crippen molar-refractivity contribution in [1.29, 1.82) is 0 Å². The second-order valence-corrected chi connectivity index (χ2v) is 8.43. The number of hydrogen-bond donors (Lipinski definition) is 1.